The summed E-state index contributed by atoms with van der Waals surface area (Å²) in [6.07, 6.45) is 0. The summed E-state index contributed by atoms with van der Waals surface area (Å²) in [6, 6.07) is 23.0. The smallest absolute Gasteiger partial charge is 0.255 e. The van der Waals surface area contributed by atoms with Gasteiger partial charge in [-0.3, -0.25) is 4.79 Å². The van der Waals surface area contributed by atoms with Gasteiger partial charge in [-0.15, -0.1) is 0 Å². The van der Waals surface area contributed by atoms with E-state index in [0.717, 1.165) is 15.5 Å². The number of hydrogen-bond donors (Lipinski definition) is 1. The highest BCUT2D eigenvalue weighted by atomic mass is 32.2. The third-order valence-electron chi connectivity index (χ3n) is 3.74. The van der Waals surface area contributed by atoms with E-state index in [0.29, 0.717) is 17.1 Å². The molecule has 1 aliphatic heterocycles. The van der Waals surface area contributed by atoms with Crippen molar-refractivity contribution in [3.63, 3.8) is 0 Å². The van der Waals surface area contributed by atoms with Crippen LogP contribution in [0.5, 0.6) is 11.5 Å². The molecule has 1 aliphatic rings. The second-order valence-corrected chi connectivity index (χ2v) is 6.55. The van der Waals surface area contributed by atoms with Crippen LogP contribution in [0, 0.1) is 0 Å². The molecule has 0 aromatic heterocycles. The Morgan fingerprint density at radius 2 is 1.64 bits per heavy atom. The van der Waals surface area contributed by atoms with Gasteiger partial charge in [-0.1, -0.05) is 42.1 Å². The fourth-order valence-corrected chi connectivity index (χ4v) is 3.43. The van der Waals surface area contributed by atoms with Crippen molar-refractivity contribution in [3.8, 4) is 11.5 Å². The zero-order chi connectivity index (χ0) is 17.1. The van der Waals surface area contributed by atoms with Gasteiger partial charge in [0.2, 0.25) is 6.79 Å². The van der Waals surface area contributed by atoms with Gasteiger partial charge in [0, 0.05) is 15.4 Å². The molecule has 0 saturated heterocycles. The van der Waals surface area contributed by atoms with Gasteiger partial charge in [-0.2, -0.15) is 0 Å². The molecule has 4 nitrogen and oxygen atoms in total. The summed E-state index contributed by atoms with van der Waals surface area (Å²) in [7, 11) is 0. The molecule has 0 atom stereocenters. The van der Waals surface area contributed by atoms with E-state index in [2.05, 4.69) is 5.32 Å². The van der Waals surface area contributed by atoms with Crippen molar-refractivity contribution in [2.75, 3.05) is 12.1 Å². The SMILES string of the molecule is O=C(Nc1ccccc1Sc1ccccc1)c1ccc2c(c1)OCO2. The van der Waals surface area contributed by atoms with Gasteiger partial charge in [-0.25, -0.2) is 0 Å². The van der Waals surface area contributed by atoms with Crippen LogP contribution in [0.4, 0.5) is 5.69 Å². The molecule has 1 amide bonds. The summed E-state index contributed by atoms with van der Waals surface area (Å²) in [5.74, 6) is 1.08. The molecule has 124 valence electrons. The van der Waals surface area contributed by atoms with Crippen LogP contribution >= 0.6 is 11.8 Å². The lowest BCUT2D eigenvalue weighted by Crippen LogP contribution is -2.12. The second kappa shape index (κ2) is 6.91. The Hall–Kier alpha value is -2.92. The van der Waals surface area contributed by atoms with Gasteiger partial charge in [0.05, 0.1) is 5.69 Å². The number of para-hydroxylation sites is 1. The zero-order valence-corrected chi connectivity index (χ0v) is 14.1. The molecule has 25 heavy (non-hydrogen) atoms. The lowest BCUT2D eigenvalue weighted by Gasteiger charge is -2.11. The standard InChI is InChI=1S/C20H15NO3S/c22-20(14-10-11-17-18(12-14)24-13-23-17)21-16-8-4-5-9-19(16)25-15-6-2-1-3-7-15/h1-12H,13H2,(H,21,22). The monoisotopic (exact) mass is 349 g/mol. The molecule has 0 fully saturated rings. The maximum Gasteiger partial charge on any atom is 0.255 e. The molecule has 3 aromatic rings. The minimum absolute atomic E-state index is 0.181. The van der Waals surface area contributed by atoms with Crippen molar-refractivity contribution in [1.82, 2.24) is 0 Å². The van der Waals surface area contributed by atoms with Gasteiger partial charge in [0.15, 0.2) is 11.5 Å². The number of carbonyl (C=O) groups is 1. The minimum Gasteiger partial charge on any atom is -0.454 e. The van der Waals surface area contributed by atoms with Gasteiger partial charge in [0.25, 0.3) is 5.91 Å². The quantitative estimate of drug-likeness (QED) is 0.734. The first-order chi connectivity index (χ1) is 12.3. The summed E-state index contributed by atoms with van der Waals surface area (Å²) in [6.45, 7) is 0.191. The number of hydrogen-bond acceptors (Lipinski definition) is 4. The van der Waals surface area contributed by atoms with Crippen LogP contribution in [-0.2, 0) is 0 Å². The average Bonchev–Trinajstić information content (AvgIpc) is 3.12. The van der Waals surface area contributed by atoms with Crippen LogP contribution in [0.25, 0.3) is 0 Å². The molecular formula is C20H15NO3S. The third kappa shape index (κ3) is 3.46. The molecule has 0 radical (unpaired) electrons. The number of benzene rings is 3. The Bertz CT molecular complexity index is 912. The van der Waals surface area contributed by atoms with Gasteiger partial charge in [0.1, 0.15) is 0 Å². The van der Waals surface area contributed by atoms with E-state index >= 15 is 0 Å². The van der Waals surface area contributed by atoms with Crippen LogP contribution in [0.3, 0.4) is 0 Å². The number of nitrogens with one attached hydrogen (secondary N) is 1. The molecule has 0 bridgehead atoms. The number of rotatable bonds is 4. The average molecular weight is 349 g/mol. The zero-order valence-electron chi connectivity index (χ0n) is 13.3. The summed E-state index contributed by atoms with van der Waals surface area (Å²) in [5, 5.41) is 2.98. The van der Waals surface area contributed by atoms with E-state index in [1.165, 1.54) is 0 Å². The summed E-state index contributed by atoms with van der Waals surface area (Å²) >= 11 is 1.61. The Morgan fingerprint density at radius 1 is 0.880 bits per heavy atom. The van der Waals surface area contributed by atoms with Gasteiger partial charge < -0.3 is 14.8 Å². The second-order valence-electron chi connectivity index (χ2n) is 5.43. The van der Waals surface area contributed by atoms with Crippen LogP contribution in [-0.4, -0.2) is 12.7 Å². The van der Waals surface area contributed by atoms with Gasteiger partial charge >= 0.3 is 0 Å². The molecule has 4 rings (SSSR count). The maximum absolute atomic E-state index is 12.6. The summed E-state index contributed by atoms with van der Waals surface area (Å²) < 4.78 is 10.6. The molecule has 3 aromatic carbocycles. The molecule has 0 unspecified atom stereocenters. The largest absolute Gasteiger partial charge is 0.454 e. The lowest BCUT2D eigenvalue weighted by atomic mass is 10.2. The van der Waals surface area contributed by atoms with E-state index in [-0.39, 0.29) is 12.7 Å². The van der Waals surface area contributed by atoms with E-state index in [1.54, 1.807) is 30.0 Å². The summed E-state index contributed by atoms with van der Waals surface area (Å²) in [4.78, 5) is 14.7. The number of fused-ring (bicyclic) bond motifs is 1. The molecule has 1 N–H and O–H groups in total. The minimum atomic E-state index is -0.181. The fraction of sp³-hybridized carbons (Fsp3) is 0.0500. The molecule has 0 saturated carbocycles. The van der Waals surface area contributed by atoms with Crippen molar-refractivity contribution in [1.29, 1.82) is 0 Å². The first kappa shape index (κ1) is 15.6. The summed E-state index contributed by atoms with van der Waals surface area (Å²) in [5.41, 5.74) is 1.31. The molecule has 5 heteroatoms. The number of carbonyl (C=O) groups excluding carboxylic acids is 1. The van der Waals surface area contributed by atoms with Crippen LogP contribution in [0.1, 0.15) is 10.4 Å². The Balaban J connectivity index is 1.55. The van der Waals surface area contributed by atoms with Crippen molar-refractivity contribution < 1.29 is 14.3 Å². The number of amides is 1. The topological polar surface area (TPSA) is 47.6 Å². The molecule has 0 spiro atoms. The van der Waals surface area contributed by atoms with E-state index < -0.39 is 0 Å². The normalized spacial score (nSPS) is 12.0. The lowest BCUT2D eigenvalue weighted by molar-refractivity contribution is 0.102. The van der Waals surface area contributed by atoms with Crippen molar-refractivity contribution >= 4 is 23.4 Å². The van der Waals surface area contributed by atoms with Crippen molar-refractivity contribution in [2.24, 2.45) is 0 Å². The van der Waals surface area contributed by atoms with E-state index in [9.17, 15) is 4.79 Å². The molecule has 0 aliphatic carbocycles. The van der Waals surface area contributed by atoms with Crippen LogP contribution in [0.2, 0.25) is 0 Å². The van der Waals surface area contributed by atoms with Crippen molar-refractivity contribution in [3.05, 3.63) is 78.4 Å². The third-order valence-corrected chi connectivity index (χ3v) is 4.82. The van der Waals surface area contributed by atoms with E-state index in [4.69, 9.17) is 9.47 Å². The first-order valence-corrected chi connectivity index (χ1v) is 8.64. The van der Waals surface area contributed by atoms with Crippen LogP contribution in [0.15, 0.2) is 82.6 Å². The molecule has 1 heterocycles. The maximum atomic E-state index is 12.6. The Kier molecular flexibility index (Phi) is 4.31. The fourth-order valence-electron chi connectivity index (χ4n) is 2.51. The Morgan fingerprint density at radius 3 is 2.52 bits per heavy atom. The number of anilines is 1. The van der Waals surface area contributed by atoms with Crippen molar-refractivity contribution in [2.45, 2.75) is 9.79 Å². The highest BCUT2D eigenvalue weighted by Gasteiger charge is 2.17. The molecular weight excluding hydrogens is 334 g/mol. The Labute approximate surface area is 149 Å². The highest BCUT2D eigenvalue weighted by Crippen LogP contribution is 2.35. The first-order valence-electron chi connectivity index (χ1n) is 7.82. The van der Waals surface area contributed by atoms with E-state index in [1.807, 2.05) is 54.6 Å². The number of ether oxygens (including phenoxy) is 2. The van der Waals surface area contributed by atoms with Gasteiger partial charge in [-0.05, 0) is 42.5 Å². The van der Waals surface area contributed by atoms with Crippen LogP contribution < -0.4 is 14.8 Å². The predicted octanol–water partition coefficient (Wildman–Crippen LogP) is 4.82. The predicted molar refractivity (Wildman–Crippen MR) is 97.5 cm³/mol. The highest BCUT2D eigenvalue weighted by molar-refractivity contribution is 7.99.